The van der Waals surface area contributed by atoms with E-state index in [9.17, 15) is 5.11 Å². The zero-order valence-electron chi connectivity index (χ0n) is 9.27. The molecule has 2 bridgehead atoms. The van der Waals surface area contributed by atoms with E-state index < -0.39 is 5.60 Å². The van der Waals surface area contributed by atoms with Gasteiger partial charge in [0.15, 0.2) is 0 Å². The van der Waals surface area contributed by atoms with Crippen LogP contribution < -0.4 is 0 Å². The quantitative estimate of drug-likeness (QED) is 0.633. The summed E-state index contributed by atoms with van der Waals surface area (Å²) in [7, 11) is 0. The Balaban J connectivity index is 2.49. The van der Waals surface area contributed by atoms with Crippen LogP contribution in [0.5, 0.6) is 0 Å². The minimum absolute atomic E-state index is 0.137. The lowest BCUT2D eigenvalue weighted by Crippen LogP contribution is -2.48. The molecule has 0 heterocycles. The minimum atomic E-state index is -0.722. The number of fused-ring (bicyclic) bond motifs is 2. The Morgan fingerprint density at radius 1 is 1.21 bits per heavy atom. The Morgan fingerprint density at radius 2 is 1.79 bits per heavy atom. The number of hydrogen-bond donors (Lipinski definition) is 1. The molecule has 0 aromatic carbocycles. The van der Waals surface area contributed by atoms with Crippen LogP contribution in [0.15, 0.2) is 24.8 Å². The van der Waals surface area contributed by atoms with Gasteiger partial charge in [0.1, 0.15) is 0 Å². The van der Waals surface area contributed by atoms with Crippen LogP contribution in [-0.2, 0) is 0 Å². The molecule has 0 spiro atoms. The highest BCUT2D eigenvalue weighted by Crippen LogP contribution is 2.65. The first-order valence-electron chi connectivity index (χ1n) is 5.44. The number of rotatable bonds is 1. The average Bonchev–Trinajstić information content (AvgIpc) is 2.34. The molecule has 0 saturated heterocycles. The van der Waals surface area contributed by atoms with E-state index in [0.717, 1.165) is 19.3 Å². The third-order valence-electron chi connectivity index (χ3n) is 4.92. The van der Waals surface area contributed by atoms with E-state index in [2.05, 4.69) is 27.0 Å². The minimum Gasteiger partial charge on any atom is -0.385 e. The van der Waals surface area contributed by atoms with E-state index in [0.29, 0.717) is 0 Å². The van der Waals surface area contributed by atoms with Crippen molar-refractivity contribution in [1.82, 2.24) is 0 Å². The molecular formula is C13H20O. The van der Waals surface area contributed by atoms with Crippen LogP contribution in [-0.4, -0.2) is 10.7 Å². The maximum Gasteiger partial charge on any atom is 0.0915 e. The van der Waals surface area contributed by atoms with Gasteiger partial charge in [-0.15, -0.1) is 6.58 Å². The predicted octanol–water partition coefficient (Wildman–Crippen LogP) is 3.06. The maximum atomic E-state index is 10.5. The molecule has 0 aromatic rings. The second-order valence-electron chi connectivity index (χ2n) is 5.50. The van der Waals surface area contributed by atoms with Crippen molar-refractivity contribution in [3.8, 4) is 0 Å². The average molecular weight is 192 g/mol. The van der Waals surface area contributed by atoms with Gasteiger partial charge >= 0.3 is 0 Å². The standard InChI is InChI=1S/C13H20O/c1-5-13(14)9-7-11(3)6-8-12(13,4)10(11)2/h5,14H,1-2,6-9H2,3-4H3/t11-,12-,13+/m0/s1. The maximum absolute atomic E-state index is 10.5. The fourth-order valence-electron chi connectivity index (χ4n) is 3.32. The van der Waals surface area contributed by atoms with Crippen LogP contribution in [0.1, 0.15) is 39.5 Å². The molecule has 78 valence electrons. The molecule has 14 heavy (non-hydrogen) atoms. The first-order chi connectivity index (χ1) is 6.38. The Hall–Kier alpha value is -0.560. The highest BCUT2D eigenvalue weighted by molar-refractivity contribution is 5.34. The van der Waals surface area contributed by atoms with Gasteiger partial charge in [0.2, 0.25) is 0 Å². The van der Waals surface area contributed by atoms with Gasteiger partial charge in [-0.2, -0.15) is 0 Å². The van der Waals surface area contributed by atoms with Crippen molar-refractivity contribution in [2.24, 2.45) is 10.8 Å². The summed E-state index contributed by atoms with van der Waals surface area (Å²) in [6.07, 6.45) is 5.82. The number of hydrogen-bond acceptors (Lipinski definition) is 1. The van der Waals surface area contributed by atoms with Crippen molar-refractivity contribution in [1.29, 1.82) is 0 Å². The Bertz CT molecular complexity index is 306. The van der Waals surface area contributed by atoms with Crippen molar-refractivity contribution in [2.75, 3.05) is 0 Å². The van der Waals surface area contributed by atoms with Crippen molar-refractivity contribution in [3.05, 3.63) is 24.8 Å². The van der Waals surface area contributed by atoms with Gasteiger partial charge in [0.05, 0.1) is 5.60 Å². The van der Waals surface area contributed by atoms with Gasteiger partial charge in [-0.1, -0.05) is 32.1 Å². The third kappa shape index (κ3) is 0.890. The lowest BCUT2D eigenvalue weighted by molar-refractivity contribution is -0.0350. The largest absolute Gasteiger partial charge is 0.385 e. The molecule has 2 fully saturated rings. The van der Waals surface area contributed by atoms with E-state index in [1.165, 1.54) is 12.0 Å². The zero-order valence-corrected chi connectivity index (χ0v) is 9.27. The second-order valence-corrected chi connectivity index (χ2v) is 5.50. The summed E-state index contributed by atoms with van der Waals surface area (Å²) in [6.45, 7) is 12.4. The van der Waals surface area contributed by atoms with Gasteiger partial charge in [0.25, 0.3) is 0 Å². The Morgan fingerprint density at radius 3 is 2.36 bits per heavy atom. The smallest absolute Gasteiger partial charge is 0.0915 e. The molecular weight excluding hydrogens is 172 g/mol. The molecule has 2 aliphatic carbocycles. The third-order valence-corrected chi connectivity index (χ3v) is 4.92. The topological polar surface area (TPSA) is 20.2 Å². The molecule has 0 amide bonds. The predicted molar refractivity (Wildman–Crippen MR) is 59.0 cm³/mol. The lowest BCUT2D eigenvalue weighted by atomic mass is 9.59. The Labute approximate surface area is 86.5 Å². The molecule has 2 saturated carbocycles. The van der Waals surface area contributed by atoms with E-state index in [1.807, 2.05) is 0 Å². The van der Waals surface area contributed by atoms with Gasteiger partial charge in [-0.25, -0.2) is 0 Å². The summed E-state index contributed by atoms with van der Waals surface area (Å²) in [5, 5.41) is 10.5. The second kappa shape index (κ2) is 2.52. The van der Waals surface area contributed by atoms with E-state index in [1.54, 1.807) is 6.08 Å². The zero-order chi connectivity index (χ0) is 10.6. The molecule has 0 aromatic heterocycles. The number of aliphatic hydroxyl groups is 1. The monoisotopic (exact) mass is 192 g/mol. The van der Waals surface area contributed by atoms with E-state index in [4.69, 9.17) is 0 Å². The lowest BCUT2D eigenvalue weighted by Gasteiger charge is -2.49. The van der Waals surface area contributed by atoms with Crippen LogP contribution in [0.3, 0.4) is 0 Å². The normalized spacial score (nSPS) is 52.1. The Kier molecular flexibility index (Phi) is 1.79. The summed E-state index contributed by atoms with van der Waals surface area (Å²) in [6, 6.07) is 0. The first kappa shape index (κ1) is 9.97. The summed E-state index contributed by atoms with van der Waals surface area (Å²) in [4.78, 5) is 0. The molecule has 2 rings (SSSR count). The van der Waals surface area contributed by atoms with Crippen LogP contribution >= 0.6 is 0 Å². The highest BCUT2D eigenvalue weighted by Gasteiger charge is 2.59. The molecule has 1 nitrogen and oxygen atoms in total. The van der Waals surface area contributed by atoms with Crippen molar-refractivity contribution < 1.29 is 5.11 Å². The summed E-state index contributed by atoms with van der Waals surface area (Å²) in [5.74, 6) is 0. The van der Waals surface area contributed by atoms with E-state index >= 15 is 0 Å². The van der Waals surface area contributed by atoms with E-state index in [-0.39, 0.29) is 10.8 Å². The van der Waals surface area contributed by atoms with Crippen molar-refractivity contribution >= 4 is 0 Å². The fourth-order valence-corrected chi connectivity index (χ4v) is 3.32. The summed E-state index contributed by atoms with van der Waals surface area (Å²) >= 11 is 0. The molecule has 0 aliphatic heterocycles. The first-order valence-corrected chi connectivity index (χ1v) is 5.44. The summed E-state index contributed by atoms with van der Waals surface area (Å²) < 4.78 is 0. The van der Waals surface area contributed by atoms with Gasteiger partial charge in [-0.05, 0) is 31.1 Å². The molecule has 2 aliphatic rings. The van der Waals surface area contributed by atoms with Crippen LogP contribution in [0.4, 0.5) is 0 Å². The fraction of sp³-hybridized carbons (Fsp3) is 0.692. The summed E-state index contributed by atoms with van der Waals surface area (Å²) in [5.41, 5.74) is 0.643. The van der Waals surface area contributed by atoms with Crippen LogP contribution in [0.2, 0.25) is 0 Å². The van der Waals surface area contributed by atoms with Gasteiger partial charge in [0, 0.05) is 5.41 Å². The van der Waals surface area contributed by atoms with Gasteiger partial charge in [-0.3, -0.25) is 0 Å². The van der Waals surface area contributed by atoms with Crippen molar-refractivity contribution in [2.45, 2.75) is 45.1 Å². The van der Waals surface area contributed by atoms with Crippen molar-refractivity contribution in [3.63, 3.8) is 0 Å². The SMILES string of the molecule is C=C[C@@]1(O)CC[C@]2(C)CC[C@@]1(C)C2=C. The molecule has 1 N–H and O–H groups in total. The molecule has 0 radical (unpaired) electrons. The molecule has 0 unspecified atom stereocenters. The molecule has 1 heteroatoms. The van der Waals surface area contributed by atoms with Crippen LogP contribution in [0.25, 0.3) is 0 Å². The van der Waals surface area contributed by atoms with Gasteiger partial charge < -0.3 is 5.11 Å². The highest BCUT2D eigenvalue weighted by atomic mass is 16.3. The van der Waals surface area contributed by atoms with Crippen LogP contribution in [0, 0.1) is 10.8 Å². The molecule has 3 atom stereocenters.